The Morgan fingerprint density at radius 2 is 1.85 bits per heavy atom. The molecule has 0 aliphatic carbocycles. The van der Waals surface area contributed by atoms with Crippen molar-refractivity contribution in [3.8, 4) is 5.75 Å². The van der Waals surface area contributed by atoms with Crippen molar-refractivity contribution in [1.82, 2.24) is 0 Å². The molecule has 7 heteroatoms. The van der Waals surface area contributed by atoms with Crippen LogP contribution in [0, 0.1) is 10.1 Å². The van der Waals surface area contributed by atoms with Crippen LogP contribution in [0.25, 0.3) is 6.08 Å². The van der Waals surface area contributed by atoms with Crippen molar-refractivity contribution in [2.75, 3.05) is 6.61 Å². The fraction of sp³-hybridized carbons (Fsp3) is 0.158. The van der Waals surface area contributed by atoms with E-state index in [-0.39, 0.29) is 17.3 Å². The summed E-state index contributed by atoms with van der Waals surface area (Å²) < 4.78 is 10.7. The van der Waals surface area contributed by atoms with Gasteiger partial charge in [0.2, 0.25) is 5.90 Å². The van der Waals surface area contributed by atoms with E-state index in [1.54, 1.807) is 6.08 Å². The van der Waals surface area contributed by atoms with Gasteiger partial charge in [-0.05, 0) is 42.3 Å². The van der Waals surface area contributed by atoms with Crippen LogP contribution in [0.5, 0.6) is 5.75 Å². The zero-order valence-electron chi connectivity index (χ0n) is 14.0. The molecule has 0 unspecified atom stereocenters. The van der Waals surface area contributed by atoms with Crippen molar-refractivity contribution in [3.05, 3.63) is 75.5 Å². The second-order valence-electron chi connectivity index (χ2n) is 5.56. The molecule has 0 amide bonds. The van der Waals surface area contributed by atoms with Gasteiger partial charge in [0, 0.05) is 17.7 Å². The quantitative estimate of drug-likeness (QED) is 0.342. The minimum atomic E-state index is -0.565. The van der Waals surface area contributed by atoms with Crippen LogP contribution in [-0.4, -0.2) is 23.4 Å². The van der Waals surface area contributed by atoms with Gasteiger partial charge in [-0.15, -0.1) is 0 Å². The first-order valence-corrected chi connectivity index (χ1v) is 8.07. The average molecular weight is 352 g/mol. The van der Waals surface area contributed by atoms with Crippen molar-refractivity contribution < 1.29 is 19.2 Å². The molecule has 2 aromatic rings. The third-order valence-electron chi connectivity index (χ3n) is 3.60. The first-order chi connectivity index (χ1) is 12.6. The molecule has 0 N–H and O–H groups in total. The summed E-state index contributed by atoms with van der Waals surface area (Å²) in [5.74, 6) is 0.321. The van der Waals surface area contributed by atoms with Crippen LogP contribution in [-0.2, 0) is 9.53 Å². The monoisotopic (exact) mass is 352 g/mol. The van der Waals surface area contributed by atoms with Gasteiger partial charge in [0.15, 0.2) is 5.70 Å². The van der Waals surface area contributed by atoms with Crippen LogP contribution in [0.3, 0.4) is 0 Å². The Balaban J connectivity index is 1.78. The molecule has 1 aliphatic heterocycles. The Morgan fingerprint density at radius 1 is 1.15 bits per heavy atom. The average Bonchev–Trinajstić information content (AvgIpc) is 3.02. The number of nitro benzene ring substituents is 1. The highest BCUT2D eigenvalue weighted by Gasteiger charge is 2.24. The summed E-state index contributed by atoms with van der Waals surface area (Å²) in [5.41, 5.74) is 1.41. The Labute approximate surface area is 149 Å². The molecule has 1 heterocycles. The number of carbonyl (C=O) groups excluding carboxylic acids is 1. The van der Waals surface area contributed by atoms with Crippen LogP contribution in [0.4, 0.5) is 5.69 Å². The van der Waals surface area contributed by atoms with E-state index in [0.29, 0.717) is 12.2 Å². The molecule has 0 fully saturated rings. The molecule has 0 bridgehead atoms. The van der Waals surface area contributed by atoms with Crippen molar-refractivity contribution in [1.29, 1.82) is 0 Å². The van der Waals surface area contributed by atoms with Gasteiger partial charge in [-0.25, -0.2) is 9.79 Å². The lowest BCUT2D eigenvalue weighted by atomic mass is 10.2. The van der Waals surface area contributed by atoms with Crippen molar-refractivity contribution in [3.63, 3.8) is 0 Å². The summed E-state index contributed by atoms with van der Waals surface area (Å²) in [5, 5.41) is 10.7. The Morgan fingerprint density at radius 3 is 2.46 bits per heavy atom. The second-order valence-corrected chi connectivity index (χ2v) is 5.56. The molecular formula is C19H16N2O5. The summed E-state index contributed by atoms with van der Waals surface area (Å²) in [6, 6.07) is 13.0. The van der Waals surface area contributed by atoms with Gasteiger partial charge in [0.05, 0.1) is 11.5 Å². The molecule has 2 aromatic carbocycles. The molecule has 26 heavy (non-hydrogen) atoms. The highest BCUT2D eigenvalue weighted by Crippen LogP contribution is 2.22. The normalized spacial score (nSPS) is 14.9. The smallest absolute Gasteiger partial charge is 0.363 e. The molecule has 132 valence electrons. The van der Waals surface area contributed by atoms with Gasteiger partial charge in [0.25, 0.3) is 5.69 Å². The van der Waals surface area contributed by atoms with Gasteiger partial charge in [-0.1, -0.05) is 19.1 Å². The third-order valence-corrected chi connectivity index (χ3v) is 3.60. The minimum absolute atomic E-state index is 0.0418. The van der Waals surface area contributed by atoms with Gasteiger partial charge >= 0.3 is 5.97 Å². The molecular weight excluding hydrogens is 336 g/mol. The summed E-state index contributed by atoms with van der Waals surface area (Å²) in [6.45, 7) is 2.68. The van der Waals surface area contributed by atoms with Crippen LogP contribution in [0.2, 0.25) is 0 Å². The number of non-ortho nitro benzene ring substituents is 1. The Kier molecular flexibility index (Phi) is 5.07. The molecule has 0 spiro atoms. The molecule has 0 atom stereocenters. The van der Waals surface area contributed by atoms with E-state index in [4.69, 9.17) is 9.47 Å². The fourth-order valence-corrected chi connectivity index (χ4v) is 2.30. The number of carbonyl (C=O) groups is 1. The van der Waals surface area contributed by atoms with Gasteiger partial charge in [-0.2, -0.15) is 0 Å². The largest absolute Gasteiger partial charge is 0.494 e. The van der Waals surface area contributed by atoms with Crippen molar-refractivity contribution in [2.45, 2.75) is 13.3 Å². The van der Waals surface area contributed by atoms with E-state index in [9.17, 15) is 14.9 Å². The SMILES string of the molecule is CCCOc1ccc(/C=C2\N=C(c3ccc([N+](=O)[O-])cc3)OC2=O)cc1. The molecule has 0 saturated heterocycles. The first-order valence-electron chi connectivity index (χ1n) is 8.07. The van der Waals surface area contributed by atoms with Crippen LogP contribution < -0.4 is 4.74 Å². The number of cyclic esters (lactones) is 1. The lowest BCUT2D eigenvalue weighted by Crippen LogP contribution is -2.05. The summed E-state index contributed by atoms with van der Waals surface area (Å²) >= 11 is 0. The predicted octanol–water partition coefficient (Wildman–Crippen LogP) is 3.73. The molecule has 0 aromatic heterocycles. The zero-order chi connectivity index (χ0) is 18.5. The number of rotatable bonds is 6. The molecule has 0 radical (unpaired) electrons. The summed E-state index contributed by atoms with van der Waals surface area (Å²) in [6.07, 6.45) is 2.54. The van der Waals surface area contributed by atoms with E-state index in [1.807, 2.05) is 31.2 Å². The van der Waals surface area contributed by atoms with Gasteiger partial charge in [0.1, 0.15) is 5.75 Å². The molecule has 1 aliphatic rings. The number of esters is 1. The maximum atomic E-state index is 12.0. The number of nitro groups is 1. The maximum absolute atomic E-state index is 12.0. The van der Waals surface area contributed by atoms with Crippen molar-refractivity contribution in [2.24, 2.45) is 4.99 Å². The fourth-order valence-electron chi connectivity index (χ4n) is 2.30. The molecule has 0 saturated carbocycles. The number of aliphatic imine (C=N–C) groups is 1. The number of hydrogen-bond acceptors (Lipinski definition) is 6. The number of benzene rings is 2. The highest BCUT2D eigenvalue weighted by atomic mass is 16.6. The maximum Gasteiger partial charge on any atom is 0.363 e. The van der Waals surface area contributed by atoms with E-state index in [1.165, 1.54) is 24.3 Å². The number of nitrogens with zero attached hydrogens (tertiary/aromatic N) is 2. The van der Waals surface area contributed by atoms with E-state index in [2.05, 4.69) is 4.99 Å². The highest BCUT2D eigenvalue weighted by molar-refractivity contribution is 6.12. The van der Waals surface area contributed by atoms with E-state index >= 15 is 0 Å². The van der Waals surface area contributed by atoms with Crippen molar-refractivity contribution >= 4 is 23.6 Å². The lowest BCUT2D eigenvalue weighted by molar-refractivity contribution is -0.384. The van der Waals surface area contributed by atoms with Crippen LogP contribution in [0.1, 0.15) is 24.5 Å². The predicted molar refractivity (Wildman–Crippen MR) is 95.9 cm³/mol. The Bertz CT molecular complexity index is 883. The van der Waals surface area contributed by atoms with Gasteiger partial charge in [-0.3, -0.25) is 10.1 Å². The first kappa shape index (κ1) is 17.3. The summed E-state index contributed by atoms with van der Waals surface area (Å²) in [7, 11) is 0. The Hall–Kier alpha value is -3.48. The minimum Gasteiger partial charge on any atom is -0.494 e. The van der Waals surface area contributed by atoms with Gasteiger partial charge < -0.3 is 9.47 Å². The van der Waals surface area contributed by atoms with Crippen LogP contribution >= 0.6 is 0 Å². The third kappa shape index (κ3) is 3.94. The summed E-state index contributed by atoms with van der Waals surface area (Å²) in [4.78, 5) is 26.4. The van der Waals surface area contributed by atoms with Crippen LogP contribution in [0.15, 0.2) is 59.2 Å². The lowest BCUT2D eigenvalue weighted by Gasteiger charge is -2.04. The second kappa shape index (κ2) is 7.60. The number of hydrogen-bond donors (Lipinski definition) is 0. The van der Waals surface area contributed by atoms with E-state index in [0.717, 1.165) is 17.7 Å². The molecule has 7 nitrogen and oxygen atoms in total. The zero-order valence-corrected chi connectivity index (χ0v) is 14.0. The molecule has 3 rings (SSSR count). The standard InChI is InChI=1S/C19H16N2O5/c1-2-11-25-16-9-3-13(4-10-16)12-17-19(22)26-18(20-17)14-5-7-15(8-6-14)21(23)24/h3-10,12H,2,11H2,1H3/b17-12-. The topological polar surface area (TPSA) is 91.0 Å². The van der Waals surface area contributed by atoms with E-state index < -0.39 is 10.9 Å². The number of ether oxygens (including phenoxy) is 2.